The lowest BCUT2D eigenvalue weighted by molar-refractivity contribution is 0.0783. The third-order valence-electron chi connectivity index (χ3n) is 6.03. The van der Waals surface area contributed by atoms with Crippen molar-refractivity contribution >= 4 is 39.2 Å². The van der Waals surface area contributed by atoms with Gasteiger partial charge in [0.1, 0.15) is 17.3 Å². The van der Waals surface area contributed by atoms with E-state index in [9.17, 15) is 14.0 Å². The SMILES string of the molecule is CC(C)NC(=O)Nc1ccc(Oc2ccnc3cc(-c4ncc(C(=O)N5CCCC5)n4C)sc23)c(F)c1. The molecule has 2 N–H and O–H groups in total. The molecule has 4 aromatic rings. The summed E-state index contributed by atoms with van der Waals surface area (Å²) in [6, 6.07) is 7.35. The van der Waals surface area contributed by atoms with Crippen molar-refractivity contribution in [1.82, 2.24) is 24.8 Å². The van der Waals surface area contributed by atoms with Crippen LogP contribution in [-0.2, 0) is 7.05 Å². The zero-order valence-electron chi connectivity index (χ0n) is 20.7. The number of aromatic nitrogens is 3. The zero-order valence-corrected chi connectivity index (χ0v) is 21.6. The summed E-state index contributed by atoms with van der Waals surface area (Å²) in [5.74, 6) is 0.488. The van der Waals surface area contributed by atoms with Gasteiger partial charge < -0.3 is 24.8 Å². The van der Waals surface area contributed by atoms with Crippen molar-refractivity contribution in [3.05, 3.63) is 54.2 Å². The Labute approximate surface area is 217 Å². The van der Waals surface area contributed by atoms with Crippen molar-refractivity contribution in [2.45, 2.75) is 32.7 Å². The number of hydrogen-bond acceptors (Lipinski definition) is 6. The second-order valence-corrected chi connectivity index (χ2v) is 10.2. The highest BCUT2D eigenvalue weighted by molar-refractivity contribution is 7.22. The Morgan fingerprint density at radius 1 is 1.11 bits per heavy atom. The number of imidazole rings is 1. The number of halogens is 1. The van der Waals surface area contributed by atoms with Crippen LogP contribution in [0.25, 0.3) is 20.9 Å². The zero-order chi connectivity index (χ0) is 26.1. The van der Waals surface area contributed by atoms with E-state index in [-0.39, 0.29) is 17.7 Å². The lowest BCUT2D eigenvalue weighted by atomic mass is 10.3. The number of carbonyl (C=O) groups is 2. The van der Waals surface area contributed by atoms with E-state index in [0.717, 1.165) is 35.5 Å². The number of anilines is 1. The summed E-state index contributed by atoms with van der Waals surface area (Å²) in [6.45, 7) is 5.21. The van der Waals surface area contributed by atoms with Crippen molar-refractivity contribution in [3.8, 4) is 22.2 Å². The van der Waals surface area contributed by atoms with Gasteiger partial charge in [0.25, 0.3) is 5.91 Å². The van der Waals surface area contributed by atoms with Gasteiger partial charge in [-0.1, -0.05) is 0 Å². The first-order chi connectivity index (χ1) is 17.8. The van der Waals surface area contributed by atoms with Crippen molar-refractivity contribution in [2.24, 2.45) is 7.05 Å². The van der Waals surface area contributed by atoms with Gasteiger partial charge >= 0.3 is 6.03 Å². The molecule has 3 aromatic heterocycles. The molecule has 1 aliphatic rings. The highest BCUT2D eigenvalue weighted by Crippen LogP contribution is 2.39. The molecule has 0 aliphatic carbocycles. The minimum absolute atomic E-state index is 0.0166. The molecule has 11 heteroatoms. The van der Waals surface area contributed by atoms with Crippen molar-refractivity contribution in [1.29, 1.82) is 0 Å². The fraction of sp³-hybridized carbons (Fsp3) is 0.308. The predicted molar refractivity (Wildman–Crippen MR) is 141 cm³/mol. The van der Waals surface area contributed by atoms with E-state index in [2.05, 4.69) is 20.6 Å². The maximum Gasteiger partial charge on any atom is 0.319 e. The first kappa shape index (κ1) is 24.7. The molecule has 5 rings (SSSR count). The molecular weight excluding hydrogens is 495 g/mol. The summed E-state index contributed by atoms with van der Waals surface area (Å²) >= 11 is 1.41. The summed E-state index contributed by atoms with van der Waals surface area (Å²) in [6.07, 6.45) is 5.25. The Balaban J connectivity index is 1.38. The minimum Gasteiger partial charge on any atom is -0.453 e. The van der Waals surface area contributed by atoms with E-state index in [0.29, 0.717) is 28.5 Å². The molecule has 0 spiro atoms. The van der Waals surface area contributed by atoms with E-state index >= 15 is 0 Å². The van der Waals surface area contributed by atoms with Gasteiger partial charge in [0, 0.05) is 50.2 Å². The number of carbonyl (C=O) groups excluding carboxylic acids is 2. The number of benzene rings is 1. The first-order valence-electron chi connectivity index (χ1n) is 12.0. The van der Waals surface area contributed by atoms with Gasteiger partial charge in [-0.25, -0.2) is 14.2 Å². The molecule has 1 saturated heterocycles. The largest absolute Gasteiger partial charge is 0.453 e. The molecule has 4 heterocycles. The van der Waals surface area contributed by atoms with Gasteiger partial charge in [-0.2, -0.15) is 0 Å². The van der Waals surface area contributed by atoms with Gasteiger partial charge in [-0.3, -0.25) is 9.78 Å². The predicted octanol–water partition coefficient (Wildman–Crippen LogP) is 5.39. The normalized spacial score (nSPS) is 13.4. The van der Waals surface area contributed by atoms with Crippen molar-refractivity contribution < 1.29 is 18.7 Å². The number of amides is 3. The smallest absolute Gasteiger partial charge is 0.319 e. The number of hydrogen-bond donors (Lipinski definition) is 2. The standard InChI is InChI=1S/C26H27FN6O3S/c1-15(2)30-26(35)31-16-6-7-20(17(27)12-16)36-21-8-9-28-18-13-22(37-23(18)21)24-29-14-19(32(24)3)25(34)33-10-4-5-11-33/h6-9,12-15H,4-5,10-11H2,1-3H3,(H2,30,31,35). The lowest BCUT2D eigenvalue weighted by Gasteiger charge is -2.15. The summed E-state index contributed by atoms with van der Waals surface area (Å²) in [4.78, 5) is 36.4. The molecule has 3 amide bonds. The molecule has 9 nitrogen and oxygen atoms in total. The Morgan fingerprint density at radius 3 is 2.62 bits per heavy atom. The Bertz CT molecular complexity index is 1470. The summed E-state index contributed by atoms with van der Waals surface area (Å²) in [7, 11) is 1.83. The van der Waals surface area contributed by atoms with E-state index in [1.807, 2.05) is 31.9 Å². The van der Waals surface area contributed by atoms with Crippen molar-refractivity contribution in [2.75, 3.05) is 18.4 Å². The van der Waals surface area contributed by atoms with E-state index < -0.39 is 11.8 Å². The number of fused-ring (bicyclic) bond motifs is 1. The molecule has 192 valence electrons. The van der Waals surface area contributed by atoms with E-state index in [4.69, 9.17) is 4.74 Å². The van der Waals surface area contributed by atoms with Crippen LogP contribution in [0.4, 0.5) is 14.9 Å². The van der Waals surface area contributed by atoms with Crippen LogP contribution in [-0.4, -0.2) is 50.5 Å². The van der Waals surface area contributed by atoms with Crippen LogP contribution in [0.15, 0.2) is 42.7 Å². The number of ether oxygens (including phenoxy) is 1. The number of urea groups is 1. The molecule has 1 aromatic carbocycles. The number of rotatable bonds is 6. The van der Waals surface area contributed by atoms with E-state index in [1.54, 1.807) is 29.1 Å². The number of nitrogens with one attached hydrogen (secondary N) is 2. The molecule has 0 atom stereocenters. The summed E-state index contributed by atoms with van der Waals surface area (Å²) in [5, 5.41) is 5.29. The highest BCUT2D eigenvalue weighted by Gasteiger charge is 2.24. The van der Waals surface area contributed by atoms with Gasteiger partial charge in [-0.05, 0) is 44.9 Å². The quantitative estimate of drug-likeness (QED) is 0.353. The Morgan fingerprint density at radius 2 is 1.89 bits per heavy atom. The molecule has 37 heavy (non-hydrogen) atoms. The second kappa shape index (κ2) is 10.2. The fourth-order valence-electron chi connectivity index (χ4n) is 4.23. The maximum absolute atomic E-state index is 14.8. The van der Waals surface area contributed by atoms with Crippen LogP contribution in [0.2, 0.25) is 0 Å². The monoisotopic (exact) mass is 522 g/mol. The number of pyridine rings is 1. The van der Waals surface area contributed by atoms with Gasteiger partial charge in [0.2, 0.25) is 0 Å². The second-order valence-electron chi connectivity index (χ2n) is 9.16. The van der Waals surface area contributed by atoms with Crippen LogP contribution in [0.1, 0.15) is 37.2 Å². The van der Waals surface area contributed by atoms with Crippen LogP contribution < -0.4 is 15.4 Å². The third kappa shape index (κ3) is 5.12. The minimum atomic E-state index is -0.613. The van der Waals surface area contributed by atoms with Gasteiger partial charge in [-0.15, -0.1) is 11.3 Å². The Kier molecular flexibility index (Phi) is 6.79. The highest BCUT2D eigenvalue weighted by atomic mass is 32.1. The van der Waals surface area contributed by atoms with Gasteiger partial charge in [0.05, 0.1) is 21.3 Å². The van der Waals surface area contributed by atoms with E-state index in [1.165, 1.54) is 23.5 Å². The molecular formula is C26H27FN6O3S. The molecule has 1 fully saturated rings. The summed E-state index contributed by atoms with van der Waals surface area (Å²) < 4.78 is 23.3. The molecule has 0 radical (unpaired) electrons. The average molecular weight is 523 g/mol. The molecule has 0 unspecified atom stereocenters. The third-order valence-corrected chi connectivity index (χ3v) is 7.16. The number of nitrogens with zero attached hydrogens (tertiary/aromatic N) is 4. The van der Waals surface area contributed by atoms with Crippen LogP contribution >= 0.6 is 11.3 Å². The van der Waals surface area contributed by atoms with Crippen LogP contribution in [0.3, 0.4) is 0 Å². The molecule has 0 bridgehead atoms. The lowest BCUT2D eigenvalue weighted by Crippen LogP contribution is -2.34. The summed E-state index contributed by atoms with van der Waals surface area (Å²) in [5.41, 5.74) is 1.53. The fourth-order valence-corrected chi connectivity index (χ4v) is 5.33. The average Bonchev–Trinajstić information content (AvgIpc) is 3.59. The molecule has 0 saturated carbocycles. The number of likely N-dealkylation sites (tertiary alicyclic amines) is 1. The van der Waals surface area contributed by atoms with Crippen molar-refractivity contribution in [3.63, 3.8) is 0 Å². The van der Waals surface area contributed by atoms with Gasteiger partial charge in [0.15, 0.2) is 11.6 Å². The Hall–Kier alpha value is -3.99. The maximum atomic E-state index is 14.8. The topological polar surface area (TPSA) is 101 Å². The van der Waals surface area contributed by atoms with Crippen LogP contribution in [0.5, 0.6) is 11.5 Å². The molecule has 1 aliphatic heterocycles. The number of thiophene rings is 1. The van der Waals surface area contributed by atoms with Crippen LogP contribution in [0, 0.1) is 5.82 Å². The first-order valence-corrected chi connectivity index (χ1v) is 12.9.